The molecule has 228 valence electrons. The third kappa shape index (κ3) is 12.8. The molecule has 0 aliphatic carbocycles. The number of thioether (sulfide) groups is 2. The molecule has 0 aliphatic rings. The van der Waals surface area contributed by atoms with Gasteiger partial charge in [0.05, 0.1) is 10.5 Å². The summed E-state index contributed by atoms with van der Waals surface area (Å²) in [6.07, 6.45) is 30.3. The first-order chi connectivity index (χ1) is 20.4. The van der Waals surface area contributed by atoms with E-state index in [1.54, 1.807) is 0 Å². The van der Waals surface area contributed by atoms with Crippen LogP contribution in [0.15, 0.2) is 64.6 Å². The molecule has 41 heavy (non-hydrogen) atoms. The zero-order chi connectivity index (χ0) is 28.8. The van der Waals surface area contributed by atoms with Crippen LogP contribution < -0.4 is 0 Å². The Balaban J connectivity index is 1.51. The standard InChI is InChI=1S/C38H59NS2/c1-3-5-7-9-11-13-15-17-19-26-32-40-37-35-30-24-25-31-39(35)38(36(37)34-28-22-21-23-29-34)41-33-27-20-18-16-14-12-10-8-6-4-2/h21-25,28-31H,3-20,26-27,32-33H2,1-2H3. The van der Waals surface area contributed by atoms with Gasteiger partial charge in [0.2, 0.25) is 0 Å². The van der Waals surface area contributed by atoms with Crippen LogP contribution in [0.25, 0.3) is 16.6 Å². The molecule has 0 N–H and O–H groups in total. The van der Waals surface area contributed by atoms with Crippen LogP contribution >= 0.6 is 23.5 Å². The van der Waals surface area contributed by atoms with Crippen molar-refractivity contribution >= 4 is 29.0 Å². The van der Waals surface area contributed by atoms with Crippen molar-refractivity contribution in [2.75, 3.05) is 11.5 Å². The Morgan fingerprint density at radius 3 is 1.49 bits per heavy atom. The van der Waals surface area contributed by atoms with Crippen molar-refractivity contribution in [3.63, 3.8) is 0 Å². The van der Waals surface area contributed by atoms with E-state index in [1.165, 1.54) is 166 Å². The third-order valence-corrected chi connectivity index (χ3v) is 10.7. The van der Waals surface area contributed by atoms with Crippen molar-refractivity contribution < 1.29 is 0 Å². The fraction of sp³-hybridized carbons (Fsp3) is 0.632. The van der Waals surface area contributed by atoms with Gasteiger partial charge < -0.3 is 4.40 Å². The zero-order valence-electron chi connectivity index (χ0n) is 26.5. The first-order valence-electron chi connectivity index (χ1n) is 17.3. The lowest BCUT2D eigenvalue weighted by atomic mass is 10.1. The predicted octanol–water partition coefficient (Wildman–Crippen LogP) is 13.6. The molecule has 0 unspecified atom stereocenters. The highest BCUT2D eigenvalue weighted by Crippen LogP contribution is 2.44. The number of fused-ring (bicyclic) bond motifs is 1. The number of benzene rings is 1. The van der Waals surface area contributed by atoms with Gasteiger partial charge in [-0.05, 0) is 42.0 Å². The van der Waals surface area contributed by atoms with Crippen LogP contribution in [0.1, 0.15) is 142 Å². The molecule has 2 heterocycles. The Hall–Kier alpha value is -1.32. The summed E-state index contributed by atoms with van der Waals surface area (Å²) in [7, 11) is 0. The van der Waals surface area contributed by atoms with Crippen LogP contribution in [0.5, 0.6) is 0 Å². The number of hydrogen-bond donors (Lipinski definition) is 0. The molecule has 0 saturated heterocycles. The number of unbranched alkanes of at least 4 members (excludes halogenated alkanes) is 18. The molecule has 0 amide bonds. The van der Waals surface area contributed by atoms with Crippen molar-refractivity contribution in [1.29, 1.82) is 0 Å². The van der Waals surface area contributed by atoms with Crippen LogP contribution in [0, 0.1) is 0 Å². The molecule has 3 rings (SSSR count). The summed E-state index contributed by atoms with van der Waals surface area (Å²) >= 11 is 4.17. The van der Waals surface area contributed by atoms with Gasteiger partial charge >= 0.3 is 0 Å². The second-order valence-corrected chi connectivity index (χ2v) is 14.1. The Labute approximate surface area is 262 Å². The minimum atomic E-state index is 1.21. The Bertz CT molecular complexity index is 978. The van der Waals surface area contributed by atoms with E-state index in [0.717, 1.165) is 0 Å². The van der Waals surface area contributed by atoms with E-state index in [4.69, 9.17) is 0 Å². The molecule has 3 aromatic rings. The summed E-state index contributed by atoms with van der Waals surface area (Å²) < 4.78 is 2.48. The van der Waals surface area contributed by atoms with Gasteiger partial charge in [-0.3, -0.25) is 0 Å². The number of hydrogen-bond acceptors (Lipinski definition) is 2. The van der Waals surface area contributed by atoms with Crippen molar-refractivity contribution in [3.05, 3.63) is 54.7 Å². The van der Waals surface area contributed by atoms with Gasteiger partial charge in [-0.25, -0.2) is 0 Å². The summed E-state index contributed by atoms with van der Waals surface area (Å²) in [5.74, 6) is 2.42. The molecular formula is C38H59NS2. The molecule has 1 aromatic carbocycles. The summed E-state index contributed by atoms with van der Waals surface area (Å²) in [4.78, 5) is 1.48. The van der Waals surface area contributed by atoms with E-state index in [1.807, 2.05) is 0 Å². The smallest absolute Gasteiger partial charge is 0.0885 e. The van der Waals surface area contributed by atoms with E-state index in [-0.39, 0.29) is 0 Å². The normalized spacial score (nSPS) is 11.6. The largest absolute Gasteiger partial charge is 0.310 e. The van der Waals surface area contributed by atoms with Crippen LogP contribution in [0.3, 0.4) is 0 Å². The number of nitrogens with zero attached hydrogens (tertiary/aromatic N) is 1. The fourth-order valence-corrected chi connectivity index (χ4v) is 8.31. The molecule has 2 aromatic heterocycles. The maximum atomic E-state index is 2.48. The highest BCUT2D eigenvalue weighted by Gasteiger charge is 2.20. The minimum Gasteiger partial charge on any atom is -0.310 e. The maximum Gasteiger partial charge on any atom is 0.0885 e. The Morgan fingerprint density at radius 1 is 0.488 bits per heavy atom. The molecule has 0 atom stereocenters. The Kier molecular flexibility index (Phi) is 18.5. The third-order valence-electron chi connectivity index (χ3n) is 8.30. The topological polar surface area (TPSA) is 4.41 Å². The summed E-state index contributed by atoms with van der Waals surface area (Å²) in [6, 6.07) is 17.9. The molecule has 0 aliphatic heterocycles. The lowest BCUT2D eigenvalue weighted by Crippen LogP contribution is -1.89. The Morgan fingerprint density at radius 2 is 0.951 bits per heavy atom. The molecule has 1 nitrogen and oxygen atoms in total. The average Bonchev–Trinajstić information content (AvgIpc) is 3.32. The molecule has 0 fully saturated rings. The van der Waals surface area contributed by atoms with Gasteiger partial charge in [-0.2, -0.15) is 0 Å². The van der Waals surface area contributed by atoms with Crippen molar-refractivity contribution in [2.24, 2.45) is 0 Å². The quantitative estimate of drug-likeness (QED) is 0.0711. The van der Waals surface area contributed by atoms with Gasteiger partial charge in [0.15, 0.2) is 0 Å². The van der Waals surface area contributed by atoms with Gasteiger partial charge in [0, 0.05) is 16.7 Å². The number of pyridine rings is 1. The first kappa shape index (κ1) is 34.2. The lowest BCUT2D eigenvalue weighted by Gasteiger charge is -2.09. The van der Waals surface area contributed by atoms with Gasteiger partial charge in [-0.1, -0.05) is 166 Å². The highest BCUT2D eigenvalue weighted by atomic mass is 32.2. The van der Waals surface area contributed by atoms with Gasteiger partial charge in [0.25, 0.3) is 0 Å². The van der Waals surface area contributed by atoms with Gasteiger partial charge in [-0.15, -0.1) is 23.5 Å². The fourth-order valence-electron chi connectivity index (χ4n) is 5.82. The zero-order valence-corrected chi connectivity index (χ0v) is 28.1. The highest BCUT2D eigenvalue weighted by molar-refractivity contribution is 8.00. The summed E-state index contributed by atoms with van der Waals surface area (Å²) in [6.45, 7) is 4.60. The monoisotopic (exact) mass is 593 g/mol. The molecule has 3 heteroatoms. The molecule has 0 saturated carbocycles. The van der Waals surface area contributed by atoms with E-state index in [2.05, 4.69) is 96.5 Å². The molecular weight excluding hydrogens is 535 g/mol. The predicted molar refractivity (Wildman–Crippen MR) is 188 cm³/mol. The SMILES string of the molecule is CCCCCCCCCCCCSc1c(-c2ccccc2)c(SCCCCCCCCCCCC)n2ccccc12. The molecule has 0 bridgehead atoms. The van der Waals surface area contributed by atoms with Gasteiger partial charge in [0.1, 0.15) is 0 Å². The maximum absolute atomic E-state index is 2.48. The van der Waals surface area contributed by atoms with Crippen LogP contribution in [0.2, 0.25) is 0 Å². The molecule has 0 spiro atoms. The van der Waals surface area contributed by atoms with E-state index >= 15 is 0 Å². The van der Waals surface area contributed by atoms with Crippen LogP contribution in [-0.2, 0) is 0 Å². The molecule has 0 radical (unpaired) electrons. The number of rotatable bonds is 25. The van der Waals surface area contributed by atoms with E-state index in [0.29, 0.717) is 0 Å². The van der Waals surface area contributed by atoms with E-state index < -0.39 is 0 Å². The van der Waals surface area contributed by atoms with Crippen molar-refractivity contribution in [1.82, 2.24) is 4.40 Å². The second-order valence-electron chi connectivity index (χ2n) is 11.9. The van der Waals surface area contributed by atoms with Crippen molar-refractivity contribution in [3.8, 4) is 11.1 Å². The average molecular weight is 594 g/mol. The van der Waals surface area contributed by atoms with Crippen molar-refractivity contribution in [2.45, 2.75) is 152 Å². The van der Waals surface area contributed by atoms with Crippen LogP contribution in [-0.4, -0.2) is 15.9 Å². The first-order valence-corrected chi connectivity index (χ1v) is 19.3. The minimum absolute atomic E-state index is 1.21. The van der Waals surface area contributed by atoms with Crippen LogP contribution in [0.4, 0.5) is 0 Å². The second kappa shape index (κ2) is 22.3. The number of aromatic nitrogens is 1. The lowest BCUT2D eigenvalue weighted by molar-refractivity contribution is 0.563. The summed E-state index contributed by atoms with van der Waals surface area (Å²) in [5, 5.41) is 1.44. The summed E-state index contributed by atoms with van der Waals surface area (Å²) in [5.41, 5.74) is 4.22. The van der Waals surface area contributed by atoms with E-state index in [9.17, 15) is 0 Å².